The van der Waals surface area contributed by atoms with Gasteiger partial charge in [-0.2, -0.15) is 17.9 Å². The lowest BCUT2D eigenvalue weighted by atomic mass is 9.97. The predicted molar refractivity (Wildman–Crippen MR) is 113 cm³/mol. The zero-order valence-electron chi connectivity index (χ0n) is 16.4. The third-order valence-electron chi connectivity index (χ3n) is 5.08. The molecule has 4 aromatic rings. The van der Waals surface area contributed by atoms with Crippen molar-refractivity contribution in [3.05, 3.63) is 101 Å². The van der Waals surface area contributed by atoms with E-state index in [4.69, 9.17) is 0 Å². The number of hydrogen-bond acceptors (Lipinski definition) is 2. The highest BCUT2D eigenvalue weighted by molar-refractivity contribution is 7.89. The number of aryl methyl sites for hydroxylation is 1. The highest BCUT2D eigenvalue weighted by Crippen LogP contribution is 2.35. The van der Waals surface area contributed by atoms with Gasteiger partial charge in [0.1, 0.15) is 0 Å². The summed E-state index contributed by atoms with van der Waals surface area (Å²) in [6.07, 6.45) is -2.93. The van der Waals surface area contributed by atoms with Gasteiger partial charge in [0.05, 0.1) is 16.5 Å². The summed E-state index contributed by atoms with van der Waals surface area (Å²) in [7, 11) is -4.01. The smallest absolute Gasteiger partial charge is 0.361 e. The molecule has 8 heteroatoms. The van der Waals surface area contributed by atoms with Gasteiger partial charge in [0.2, 0.25) is 10.0 Å². The Morgan fingerprint density at radius 2 is 1.65 bits per heavy atom. The van der Waals surface area contributed by atoms with Crippen LogP contribution in [0.15, 0.2) is 83.9 Å². The van der Waals surface area contributed by atoms with Gasteiger partial charge in [0, 0.05) is 17.1 Å². The molecule has 0 saturated heterocycles. The lowest BCUT2D eigenvalue weighted by Gasteiger charge is -2.20. The van der Waals surface area contributed by atoms with Crippen LogP contribution in [0.3, 0.4) is 0 Å². The molecule has 1 heterocycles. The third kappa shape index (κ3) is 4.35. The molecule has 0 radical (unpaired) electrons. The van der Waals surface area contributed by atoms with E-state index >= 15 is 0 Å². The average Bonchev–Trinajstić information content (AvgIpc) is 3.16. The molecule has 1 atom stereocenters. The molecule has 0 fully saturated rings. The molecule has 4 rings (SSSR count). The van der Waals surface area contributed by atoms with Crippen molar-refractivity contribution in [3.63, 3.8) is 0 Å². The number of rotatable bonds is 5. The van der Waals surface area contributed by atoms with E-state index < -0.39 is 27.8 Å². The van der Waals surface area contributed by atoms with Gasteiger partial charge in [-0.1, -0.05) is 48.0 Å². The zero-order valence-corrected chi connectivity index (χ0v) is 17.3. The Balaban J connectivity index is 1.85. The maximum absolute atomic E-state index is 13.3. The predicted octanol–water partition coefficient (Wildman–Crippen LogP) is 5.56. The summed E-state index contributed by atoms with van der Waals surface area (Å²) in [4.78, 5) is 3.10. The van der Waals surface area contributed by atoms with Crippen molar-refractivity contribution in [2.75, 3.05) is 0 Å². The Kier molecular flexibility index (Phi) is 5.36. The normalized spacial score (nSPS) is 13.4. The third-order valence-corrected chi connectivity index (χ3v) is 6.52. The number of hydrogen-bond donors (Lipinski definition) is 2. The topological polar surface area (TPSA) is 62.0 Å². The van der Waals surface area contributed by atoms with Crippen LogP contribution in [0.5, 0.6) is 0 Å². The fourth-order valence-corrected chi connectivity index (χ4v) is 4.68. The number of H-pyrrole nitrogens is 1. The second kappa shape index (κ2) is 7.86. The number of aromatic amines is 1. The molecule has 0 saturated carbocycles. The summed E-state index contributed by atoms with van der Waals surface area (Å²) in [5.41, 5.74) is 1.53. The highest BCUT2D eigenvalue weighted by Gasteiger charge is 2.32. The van der Waals surface area contributed by atoms with E-state index in [1.807, 2.05) is 19.1 Å². The van der Waals surface area contributed by atoms with Crippen LogP contribution >= 0.6 is 0 Å². The number of nitrogens with one attached hydrogen (secondary N) is 2. The molecule has 160 valence electrons. The highest BCUT2D eigenvalue weighted by atomic mass is 32.2. The van der Waals surface area contributed by atoms with Gasteiger partial charge < -0.3 is 4.98 Å². The second-order valence-electron chi connectivity index (χ2n) is 7.28. The lowest BCUT2D eigenvalue weighted by molar-refractivity contribution is -0.137. The van der Waals surface area contributed by atoms with E-state index in [9.17, 15) is 21.6 Å². The fraction of sp³-hybridized carbons (Fsp3) is 0.130. The Morgan fingerprint density at radius 3 is 2.35 bits per heavy atom. The van der Waals surface area contributed by atoms with Crippen molar-refractivity contribution in [3.8, 4) is 0 Å². The van der Waals surface area contributed by atoms with E-state index in [0.29, 0.717) is 5.56 Å². The van der Waals surface area contributed by atoms with Gasteiger partial charge in [-0.25, -0.2) is 8.42 Å². The Morgan fingerprint density at radius 1 is 0.935 bits per heavy atom. The van der Waals surface area contributed by atoms with E-state index in [-0.39, 0.29) is 10.5 Å². The summed E-state index contributed by atoms with van der Waals surface area (Å²) >= 11 is 0. The molecule has 0 bridgehead atoms. The van der Waals surface area contributed by atoms with Crippen LogP contribution in [0, 0.1) is 6.92 Å². The average molecular weight is 444 g/mol. The number of benzene rings is 3. The molecule has 0 aliphatic carbocycles. The number of fused-ring (bicyclic) bond motifs is 1. The van der Waals surface area contributed by atoms with Gasteiger partial charge in [-0.3, -0.25) is 0 Å². The first-order valence-electron chi connectivity index (χ1n) is 9.47. The van der Waals surface area contributed by atoms with Crippen LogP contribution in [-0.4, -0.2) is 13.4 Å². The summed E-state index contributed by atoms with van der Waals surface area (Å²) in [6.45, 7) is 1.83. The van der Waals surface area contributed by atoms with Crippen LogP contribution in [0.25, 0.3) is 10.9 Å². The molecule has 0 aliphatic heterocycles. The van der Waals surface area contributed by atoms with Crippen molar-refractivity contribution in [2.24, 2.45) is 0 Å². The summed E-state index contributed by atoms with van der Waals surface area (Å²) in [5, 5.41) is 0.719. The minimum atomic E-state index is -4.55. The first-order valence-corrected chi connectivity index (χ1v) is 11.0. The van der Waals surface area contributed by atoms with Crippen LogP contribution in [0.4, 0.5) is 13.2 Å². The first kappa shape index (κ1) is 21.1. The number of halogens is 3. The Bertz CT molecular complexity index is 1330. The monoisotopic (exact) mass is 444 g/mol. The van der Waals surface area contributed by atoms with Crippen LogP contribution in [0.2, 0.25) is 0 Å². The Labute approximate surface area is 177 Å². The molecule has 1 aromatic heterocycles. The van der Waals surface area contributed by atoms with Crippen LogP contribution in [0.1, 0.15) is 28.3 Å². The van der Waals surface area contributed by atoms with E-state index in [0.717, 1.165) is 28.6 Å². The quantitative estimate of drug-likeness (QED) is 0.423. The van der Waals surface area contributed by atoms with Crippen LogP contribution < -0.4 is 4.72 Å². The molecule has 3 aromatic carbocycles. The van der Waals surface area contributed by atoms with Gasteiger partial charge in [-0.15, -0.1) is 0 Å². The summed E-state index contributed by atoms with van der Waals surface area (Å²) in [5.74, 6) is 0. The van der Waals surface area contributed by atoms with E-state index in [2.05, 4.69) is 9.71 Å². The molecule has 2 N–H and O–H groups in total. The maximum atomic E-state index is 13.3. The molecule has 4 nitrogen and oxygen atoms in total. The van der Waals surface area contributed by atoms with Crippen molar-refractivity contribution < 1.29 is 21.6 Å². The summed E-state index contributed by atoms with van der Waals surface area (Å²) in [6, 6.07) is 17.2. The molecular formula is C23H19F3N2O2S. The second-order valence-corrected chi connectivity index (χ2v) is 8.99. The molecule has 0 aliphatic rings. The standard InChI is InChI=1S/C23H19F3N2O2S/c1-15-9-11-18(12-10-15)31(29,30)28-22(16-5-4-6-17(13-16)23(24,25)26)20-14-27-21-8-3-2-7-19(20)21/h2-14,22,27-28H,1H3. The summed E-state index contributed by atoms with van der Waals surface area (Å²) < 4.78 is 68.8. The van der Waals surface area contributed by atoms with Crippen molar-refractivity contribution in [1.82, 2.24) is 9.71 Å². The van der Waals surface area contributed by atoms with Crippen molar-refractivity contribution >= 4 is 20.9 Å². The number of aromatic nitrogens is 1. The molecule has 0 spiro atoms. The fourth-order valence-electron chi connectivity index (χ4n) is 3.48. The minimum Gasteiger partial charge on any atom is -0.361 e. The van der Waals surface area contributed by atoms with Crippen LogP contribution in [-0.2, 0) is 16.2 Å². The van der Waals surface area contributed by atoms with Gasteiger partial charge in [0.25, 0.3) is 0 Å². The van der Waals surface area contributed by atoms with Gasteiger partial charge >= 0.3 is 6.18 Å². The zero-order chi connectivity index (χ0) is 22.2. The number of para-hydroxylation sites is 1. The number of sulfonamides is 1. The van der Waals surface area contributed by atoms with Gasteiger partial charge in [0.15, 0.2) is 0 Å². The maximum Gasteiger partial charge on any atom is 0.416 e. The van der Waals surface area contributed by atoms with Crippen molar-refractivity contribution in [2.45, 2.75) is 24.0 Å². The number of alkyl halides is 3. The largest absolute Gasteiger partial charge is 0.416 e. The lowest BCUT2D eigenvalue weighted by Crippen LogP contribution is -2.29. The van der Waals surface area contributed by atoms with Gasteiger partial charge in [-0.05, 0) is 48.4 Å². The molecular weight excluding hydrogens is 425 g/mol. The molecule has 31 heavy (non-hydrogen) atoms. The SMILES string of the molecule is Cc1ccc(S(=O)(=O)NC(c2cccc(C(F)(F)F)c2)c2c[nH]c3ccccc23)cc1. The van der Waals surface area contributed by atoms with E-state index in [1.54, 1.807) is 30.5 Å². The van der Waals surface area contributed by atoms with Crippen molar-refractivity contribution in [1.29, 1.82) is 0 Å². The molecule has 1 unspecified atom stereocenters. The Hall–Kier alpha value is -3.10. The van der Waals surface area contributed by atoms with E-state index in [1.165, 1.54) is 24.3 Å². The minimum absolute atomic E-state index is 0.0370. The first-order chi connectivity index (χ1) is 14.6. The molecule has 0 amide bonds.